The van der Waals surface area contributed by atoms with Gasteiger partial charge in [0.15, 0.2) is 5.76 Å². The lowest BCUT2D eigenvalue weighted by Crippen LogP contribution is -2.25. The molecule has 0 spiro atoms. The maximum atomic E-state index is 13.6. The van der Waals surface area contributed by atoms with E-state index in [2.05, 4.69) is 20.6 Å². The maximum absolute atomic E-state index is 13.6. The fourth-order valence-corrected chi connectivity index (χ4v) is 4.57. The third-order valence-corrected chi connectivity index (χ3v) is 6.92. The highest BCUT2D eigenvalue weighted by atomic mass is 19.4. The summed E-state index contributed by atoms with van der Waals surface area (Å²) >= 11 is 0. The van der Waals surface area contributed by atoms with Crippen molar-refractivity contribution in [1.29, 1.82) is 0 Å². The Kier molecular flexibility index (Phi) is 9.87. The molecule has 0 radical (unpaired) electrons. The van der Waals surface area contributed by atoms with Crippen molar-refractivity contribution < 1.29 is 36.6 Å². The average molecular weight is 577 g/mol. The molecule has 1 aliphatic carbocycles. The van der Waals surface area contributed by atoms with E-state index in [0.29, 0.717) is 43.7 Å². The van der Waals surface area contributed by atoms with Gasteiger partial charge in [0.2, 0.25) is 5.95 Å². The van der Waals surface area contributed by atoms with E-state index in [0.717, 1.165) is 25.0 Å². The second-order valence-corrected chi connectivity index (χ2v) is 9.87. The maximum Gasteiger partial charge on any atom is 0.416 e. The van der Waals surface area contributed by atoms with Crippen LogP contribution in [0.25, 0.3) is 11.5 Å². The summed E-state index contributed by atoms with van der Waals surface area (Å²) in [7, 11) is 3.18. The number of nitrogens with one attached hydrogen (secondary N) is 2. The summed E-state index contributed by atoms with van der Waals surface area (Å²) in [6, 6.07) is 8.50. The molecule has 1 unspecified atom stereocenters. The van der Waals surface area contributed by atoms with Crippen molar-refractivity contribution in [3.05, 3.63) is 59.4 Å². The fourth-order valence-electron chi connectivity index (χ4n) is 4.57. The van der Waals surface area contributed by atoms with Crippen molar-refractivity contribution >= 4 is 17.7 Å². The largest absolute Gasteiger partial charge is 0.463 e. The first-order chi connectivity index (χ1) is 19.7. The Morgan fingerprint density at radius 2 is 1.93 bits per heavy atom. The summed E-state index contributed by atoms with van der Waals surface area (Å²) in [6.45, 7) is 2.90. The number of carbonyl (C=O) groups is 1. The van der Waals surface area contributed by atoms with Crippen LogP contribution in [0, 0.1) is 0 Å². The van der Waals surface area contributed by atoms with Crippen molar-refractivity contribution in [1.82, 2.24) is 9.97 Å². The molecule has 0 saturated heterocycles. The number of halogens is 3. The van der Waals surface area contributed by atoms with Gasteiger partial charge >= 0.3 is 12.1 Å². The molecule has 2 aromatic heterocycles. The number of rotatable bonds is 15. The van der Waals surface area contributed by atoms with Crippen LogP contribution in [-0.2, 0) is 25.9 Å². The number of nitrogens with zero attached hydrogens (tertiary/aromatic N) is 2. The number of anilines is 2. The summed E-state index contributed by atoms with van der Waals surface area (Å²) in [5.74, 6) is -0.0618. The molecular weight excluding hydrogens is 541 g/mol. The Morgan fingerprint density at radius 1 is 1.12 bits per heavy atom. The molecule has 1 aliphatic rings. The smallest absolute Gasteiger partial charge is 0.416 e. The van der Waals surface area contributed by atoms with Crippen molar-refractivity contribution in [2.45, 2.75) is 56.8 Å². The molecule has 2 N–H and O–H groups in total. The van der Waals surface area contributed by atoms with Crippen molar-refractivity contribution in [2.24, 2.45) is 0 Å². The van der Waals surface area contributed by atoms with Crippen molar-refractivity contribution in [2.75, 3.05) is 44.6 Å². The number of hydrogen-bond acceptors (Lipinski definition) is 9. The number of benzene rings is 1. The van der Waals surface area contributed by atoms with E-state index in [1.165, 1.54) is 12.3 Å². The molecule has 41 heavy (non-hydrogen) atoms. The SMILES string of the molecule is CCCC(CCOC(=O)c1c(NC2(c3cccc(C(F)(F)F)c3)CC2)nc(NCCOC)nc1-c1ccco1)OC. The molecule has 0 amide bonds. The minimum absolute atomic E-state index is 0.0277. The van der Waals surface area contributed by atoms with Gasteiger partial charge < -0.3 is 29.3 Å². The van der Waals surface area contributed by atoms with Gasteiger partial charge in [-0.2, -0.15) is 18.2 Å². The highest BCUT2D eigenvalue weighted by Crippen LogP contribution is 2.50. The van der Waals surface area contributed by atoms with Crippen LogP contribution < -0.4 is 10.6 Å². The molecule has 0 aliphatic heterocycles. The first-order valence-electron chi connectivity index (χ1n) is 13.5. The molecule has 2 heterocycles. The van der Waals surface area contributed by atoms with Gasteiger partial charge in [-0.1, -0.05) is 25.5 Å². The Hall–Kier alpha value is -3.64. The Bertz CT molecular complexity index is 1300. The first-order valence-corrected chi connectivity index (χ1v) is 13.5. The topological polar surface area (TPSA) is 108 Å². The predicted molar refractivity (Wildman–Crippen MR) is 147 cm³/mol. The van der Waals surface area contributed by atoms with Gasteiger partial charge in [0, 0.05) is 27.2 Å². The third-order valence-electron chi connectivity index (χ3n) is 6.92. The van der Waals surface area contributed by atoms with E-state index in [9.17, 15) is 18.0 Å². The van der Waals surface area contributed by atoms with Gasteiger partial charge in [0.25, 0.3) is 0 Å². The van der Waals surface area contributed by atoms with E-state index in [1.54, 1.807) is 32.4 Å². The Labute approximate surface area is 236 Å². The van der Waals surface area contributed by atoms with Gasteiger partial charge in [0.1, 0.15) is 17.1 Å². The van der Waals surface area contributed by atoms with Crippen LogP contribution in [0.4, 0.5) is 24.9 Å². The number of hydrogen-bond donors (Lipinski definition) is 2. The number of carbonyl (C=O) groups excluding carboxylic acids is 1. The van der Waals surface area contributed by atoms with Crippen LogP contribution in [0.2, 0.25) is 0 Å². The second-order valence-electron chi connectivity index (χ2n) is 9.87. The minimum atomic E-state index is -4.49. The molecule has 3 aromatic rings. The van der Waals surface area contributed by atoms with Gasteiger partial charge in [-0.15, -0.1) is 0 Å². The predicted octanol–water partition coefficient (Wildman–Crippen LogP) is 6.28. The molecule has 1 atom stereocenters. The van der Waals surface area contributed by atoms with Crippen molar-refractivity contribution in [3.63, 3.8) is 0 Å². The lowest BCUT2D eigenvalue weighted by molar-refractivity contribution is -0.137. The van der Waals surface area contributed by atoms with Crippen LogP contribution in [-0.4, -0.2) is 56.0 Å². The Balaban J connectivity index is 1.72. The van der Waals surface area contributed by atoms with E-state index in [1.807, 2.05) is 6.92 Å². The molecular formula is C29H35F3N4O5. The standard InChI is InChI=1S/C29H35F3N4O5/c1-4-7-21(39-3)11-16-41-26(37)23-24(22-10-6-15-40-22)34-27(33-14-17-38-2)35-25(23)36-28(12-13-28)19-8-5-9-20(18-19)29(30,31)32/h5-6,8-10,15,18,21H,4,7,11-14,16-17H2,1-3H3,(H2,33,34,35,36). The van der Waals surface area contributed by atoms with Gasteiger partial charge in [0.05, 0.1) is 36.7 Å². The summed E-state index contributed by atoms with van der Waals surface area (Å²) in [4.78, 5) is 22.7. The Morgan fingerprint density at radius 3 is 2.56 bits per heavy atom. The normalized spacial score (nSPS) is 14.9. The second kappa shape index (κ2) is 13.3. The van der Waals surface area contributed by atoms with E-state index >= 15 is 0 Å². The first kappa shape index (κ1) is 30.3. The number of aromatic nitrogens is 2. The molecule has 1 fully saturated rings. The summed E-state index contributed by atoms with van der Waals surface area (Å²) in [6.07, 6.45) is 0.239. The number of esters is 1. The fraction of sp³-hybridized carbons (Fsp3) is 0.483. The molecule has 9 nitrogen and oxygen atoms in total. The summed E-state index contributed by atoms with van der Waals surface area (Å²) in [5.41, 5.74) is -0.935. The molecule has 1 aromatic carbocycles. The average Bonchev–Trinajstić information content (AvgIpc) is 3.52. The zero-order valence-corrected chi connectivity index (χ0v) is 23.3. The quantitative estimate of drug-likeness (QED) is 0.160. The highest BCUT2D eigenvalue weighted by Gasteiger charge is 2.47. The van der Waals surface area contributed by atoms with Crippen LogP contribution in [0.1, 0.15) is 60.5 Å². The lowest BCUT2D eigenvalue weighted by atomic mass is 10.0. The zero-order valence-electron chi connectivity index (χ0n) is 23.3. The van der Waals surface area contributed by atoms with Gasteiger partial charge in [-0.05, 0) is 49.1 Å². The molecule has 4 rings (SSSR count). The van der Waals surface area contributed by atoms with E-state index < -0.39 is 23.2 Å². The molecule has 222 valence electrons. The van der Waals surface area contributed by atoms with E-state index in [-0.39, 0.29) is 35.7 Å². The summed E-state index contributed by atoms with van der Waals surface area (Å²) < 4.78 is 62.3. The molecule has 1 saturated carbocycles. The third kappa shape index (κ3) is 7.56. The number of methoxy groups -OCH3 is 2. The van der Waals surface area contributed by atoms with Crippen LogP contribution >= 0.6 is 0 Å². The highest BCUT2D eigenvalue weighted by molar-refractivity contribution is 6.01. The number of furan rings is 1. The number of alkyl halides is 3. The van der Waals surface area contributed by atoms with Gasteiger partial charge in [-0.25, -0.2) is 9.78 Å². The van der Waals surface area contributed by atoms with E-state index in [4.69, 9.17) is 18.6 Å². The van der Waals surface area contributed by atoms with Crippen LogP contribution in [0.5, 0.6) is 0 Å². The van der Waals surface area contributed by atoms with Crippen LogP contribution in [0.3, 0.4) is 0 Å². The van der Waals surface area contributed by atoms with Crippen LogP contribution in [0.15, 0.2) is 47.1 Å². The van der Waals surface area contributed by atoms with Gasteiger partial charge in [-0.3, -0.25) is 0 Å². The molecule has 0 bridgehead atoms. The minimum Gasteiger partial charge on any atom is -0.463 e. The number of ether oxygens (including phenoxy) is 3. The summed E-state index contributed by atoms with van der Waals surface area (Å²) in [5, 5.41) is 6.34. The lowest BCUT2D eigenvalue weighted by Gasteiger charge is -2.23. The monoisotopic (exact) mass is 576 g/mol. The zero-order chi connectivity index (χ0) is 29.5. The van der Waals surface area contributed by atoms with Crippen molar-refractivity contribution in [3.8, 4) is 11.5 Å². The molecule has 12 heteroatoms.